The number of aromatic nitrogens is 1. The van der Waals surface area contributed by atoms with Crippen molar-refractivity contribution >= 4 is 50.6 Å². The number of anilines is 1. The lowest BCUT2D eigenvalue weighted by Gasteiger charge is -2.39. The van der Waals surface area contributed by atoms with Gasteiger partial charge in [-0.25, -0.2) is 0 Å². The molecule has 274 valence electrons. The summed E-state index contributed by atoms with van der Waals surface area (Å²) in [6, 6.07) is 41.9. The zero-order valence-electron chi connectivity index (χ0n) is 33.3. The smallest absolute Gasteiger partial charge is 0.141 e. The van der Waals surface area contributed by atoms with Crippen molar-refractivity contribution in [2.45, 2.75) is 71.8 Å². The van der Waals surface area contributed by atoms with Gasteiger partial charge >= 0.3 is 0 Å². The second kappa shape index (κ2) is 12.4. The maximum atomic E-state index is 7.12. The number of allylic oxidation sites excluding steroid dienone is 1. The maximum absolute atomic E-state index is 7.12. The normalized spacial score (nSPS) is 16.7. The van der Waals surface area contributed by atoms with E-state index < -0.39 is 0 Å². The Morgan fingerprint density at radius 3 is 2.30 bits per heavy atom. The molecule has 10 rings (SSSR count). The third kappa shape index (κ3) is 4.92. The molecule has 56 heavy (non-hydrogen) atoms. The van der Waals surface area contributed by atoms with Crippen LogP contribution in [-0.2, 0) is 10.8 Å². The molecule has 0 N–H and O–H groups in total. The van der Waals surface area contributed by atoms with Gasteiger partial charge in [-0.05, 0) is 101 Å². The predicted molar refractivity (Wildman–Crippen MR) is 234 cm³/mol. The molecular formula is C53H46N2O. The van der Waals surface area contributed by atoms with Crippen LogP contribution in [0.5, 0.6) is 0 Å². The number of benzene rings is 5. The van der Waals surface area contributed by atoms with Crippen LogP contribution in [0, 0.1) is 6.92 Å². The van der Waals surface area contributed by atoms with Crippen molar-refractivity contribution in [1.82, 2.24) is 4.57 Å². The Balaban J connectivity index is 1.31. The molecule has 5 aromatic carbocycles. The average molecular weight is 727 g/mol. The van der Waals surface area contributed by atoms with Crippen LogP contribution in [-0.4, -0.2) is 4.57 Å². The van der Waals surface area contributed by atoms with E-state index in [1.807, 2.05) is 0 Å². The lowest BCUT2D eigenvalue weighted by Crippen LogP contribution is -2.39. The first-order chi connectivity index (χ1) is 27.1. The summed E-state index contributed by atoms with van der Waals surface area (Å²) in [6.07, 6.45) is 7.37. The summed E-state index contributed by atoms with van der Waals surface area (Å²) < 4.78 is 9.47. The monoisotopic (exact) mass is 726 g/mol. The molecule has 0 spiro atoms. The first-order valence-electron chi connectivity index (χ1n) is 19.9. The van der Waals surface area contributed by atoms with Crippen LogP contribution in [0.4, 0.5) is 5.69 Å². The SMILES string of the molecule is C/C=C\c1ccc2c(c1C)C1=C(CC(N(C3=c4c(n(-c5ccccc5)c5ccccc45)=C=C=C3)c3ccc(C(C)(C)C)cc3)c3c1oc1ccccc31)C2(C)C. The quantitative estimate of drug-likeness (QED) is 0.165. The lowest BCUT2D eigenvalue weighted by atomic mass is 9.75. The van der Waals surface area contributed by atoms with Gasteiger partial charge in [0.1, 0.15) is 16.7 Å². The van der Waals surface area contributed by atoms with Gasteiger partial charge in [-0.3, -0.25) is 0 Å². The van der Waals surface area contributed by atoms with E-state index in [2.05, 4.69) is 203 Å². The highest BCUT2D eigenvalue weighted by Crippen LogP contribution is 2.59. The van der Waals surface area contributed by atoms with Crippen molar-refractivity contribution in [3.8, 4) is 5.69 Å². The van der Waals surface area contributed by atoms with Crippen LogP contribution in [0.1, 0.15) is 93.1 Å². The Morgan fingerprint density at radius 2 is 1.55 bits per heavy atom. The molecule has 2 aromatic heterocycles. The lowest BCUT2D eigenvalue weighted by molar-refractivity contribution is 0.536. The Labute approximate surface area is 329 Å². The maximum Gasteiger partial charge on any atom is 0.141 e. The molecule has 3 aliphatic carbocycles. The number of hydrogen-bond donors (Lipinski definition) is 0. The van der Waals surface area contributed by atoms with Gasteiger partial charge in [0.2, 0.25) is 0 Å². The molecule has 7 aromatic rings. The Morgan fingerprint density at radius 1 is 0.839 bits per heavy atom. The fourth-order valence-corrected chi connectivity index (χ4v) is 9.77. The van der Waals surface area contributed by atoms with Crippen LogP contribution in [0.2, 0.25) is 0 Å². The fourth-order valence-electron chi connectivity index (χ4n) is 9.77. The highest BCUT2D eigenvalue weighted by atomic mass is 16.3. The van der Waals surface area contributed by atoms with Crippen LogP contribution in [0.15, 0.2) is 143 Å². The van der Waals surface area contributed by atoms with Gasteiger partial charge in [0, 0.05) is 50.0 Å². The molecule has 0 saturated heterocycles. The van der Waals surface area contributed by atoms with E-state index >= 15 is 0 Å². The molecule has 3 aliphatic rings. The van der Waals surface area contributed by atoms with Gasteiger partial charge in [0.15, 0.2) is 0 Å². The minimum atomic E-state index is -0.199. The number of hydrogen-bond acceptors (Lipinski definition) is 2. The topological polar surface area (TPSA) is 21.3 Å². The van der Waals surface area contributed by atoms with Crippen molar-refractivity contribution in [2.75, 3.05) is 4.90 Å². The summed E-state index contributed by atoms with van der Waals surface area (Å²) in [4.78, 5) is 2.60. The number of fused-ring (bicyclic) bond motifs is 9. The summed E-state index contributed by atoms with van der Waals surface area (Å²) in [6.45, 7) is 16.1. The Kier molecular flexibility index (Phi) is 7.58. The first kappa shape index (κ1) is 34.3. The Bertz CT molecular complexity index is 3030. The highest BCUT2D eigenvalue weighted by Gasteiger charge is 2.47. The van der Waals surface area contributed by atoms with E-state index in [9.17, 15) is 0 Å². The zero-order chi connectivity index (χ0) is 38.5. The number of rotatable bonds is 5. The van der Waals surface area contributed by atoms with E-state index in [0.717, 1.165) is 50.9 Å². The van der Waals surface area contributed by atoms with Gasteiger partial charge in [-0.15, -0.1) is 0 Å². The second-order valence-corrected chi connectivity index (χ2v) is 17.1. The van der Waals surface area contributed by atoms with Crippen molar-refractivity contribution < 1.29 is 4.42 Å². The average Bonchev–Trinajstić information content (AvgIpc) is 3.83. The number of para-hydroxylation sites is 3. The van der Waals surface area contributed by atoms with Crippen LogP contribution in [0.25, 0.3) is 50.6 Å². The van der Waals surface area contributed by atoms with Crippen molar-refractivity contribution in [1.29, 1.82) is 0 Å². The molecule has 1 atom stereocenters. The van der Waals surface area contributed by atoms with E-state index in [0.29, 0.717) is 0 Å². The zero-order valence-corrected chi connectivity index (χ0v) is 33.3. The molecule has 1 unspecified atom stereocenters. The van der Waals surface area contributed by atoms with E-state index in [1.54, 1.807) is 0 Å². The van der Waals surface area contributed by atoms with Crippen molar-refractivity contribution in [3.63, 3.8) is 0 Å². The summed E-state index contributed by atoms with van der Waals surface area (Å²) in [5, 5.41) is 4.54. The third-order valence-electron chi connectivity index (χ3n) is 12.6. The van der Waals surface area contributed by atoms with Crippen molar-refractivity contribution in [2.24, 2.45) is 0 Å². The van der Waals surface area contributed by atoms with Crippen LogP contribution >= 0.6 is 0 Å². The Hall–Kier alpha value is -6.24. The molecule has 0 bridgehead atoms. The standard InChI is InChI=1S/C53H46N2O/c1-8-17-34-26-31-40-47(33(34)2)50-41(53(40,6)7)32-45(49-39-21-13-15-25-46(39)56-51(49)50)55(37-29-27-35(28-30-37)52(3,4)5)44-24-16-23-43-48(44)38-20-12-14-22-42(38)54(43)36-18-10-9-11-19-36/h8-15,17-22,24-31,45H,32H2,1-7H3/b17-8-. The minimum absolute atomic E-state index is 0.0248. The minimum Gasteiger partial charge on any atom is -0.456 e. The molecule has 0 amide bonds. The number of furan rings is 1. The van der Waals surface area contributed by atoms with Gasteiger partial charge in [0.25, 0.3) is 0 Å². The van der Waals surface area contributed by atoms with Gasteiger partial charge in [-0.2, -0.15) is 0 Å². The van der Waals surface area contributed by atoms with E-state index in [4.69, 9.17) is 4.42 Å². The highest BCUT2D eigenvalue weighted by molar-refractivity contribution is 6.00. The van der Waals surface area contributed by atoms with E-state index in [-0.39, 0.29) is 16.9 Å². The summed E-state index contributed by atoms with van der Waals surface area (Å²) in [5.41, 5.74) is 22.9. The molecule has 3 nitrogen and oxygen atoms in total. The molecule has 0 radical (unpaired) electrons. The van der Waals surface area contributed by atoms with Gasteiger partial charge in [-0.1, -0.05) is 131 Å². The van der Waals surface area contributed by atoms with Crippen LogP contribution in [0.3, 0.4) is 0 Å². The van der Waals surface area contributed by atoms with Crippen LogP contribution < -0.4 is 15.5 Å². The molecule has 0 saturated carbocycles. The fraction of sp³-hybridized carbons (Fsp3) is 0.208. The second-order valence-electron chi connectivity index (χ2n) is 17.1. The molecular weight excluding hydrogens is 681 g/mol. The van der Waals surface area contributed by atoms with Gasteiger partial charge in [0.05, 0.1) is 17.3 Å². The molecule has 2 heterocycles. The van der Waals surface area contributed by atoms with Gasteiger partial charge < -0.3 is 13.9 Å². The molecule has 0 fully saturated rings. The third-order valence-corrected chi connectivity index (χ3v) is 12.6. The predicted octanol–water partition coefficient (Wildman–Crippen LogP) is 12.0. The summed E-state index contributed by atoms with van der Waals surface area (Å²) in [5.74, 6) is 0.996. The number of nitrogens with zero attached hydrogens (tertiary/aromatic N) is 2. The molecule has 0 aliphatic heterocycles. The first-order valence-corrected chi connectivity index (χ1v) is 19.9. The largest absolute Gasteiger partial charge is 0.456 e. The summed E-state index contributed by atoms with van der Waals surface area (Å²) in [7, 11) is 0. The summed E-state index contributed by atoms with van der Waals surface area (Å²) >= 11 is 0. The van der Waals surface area contributed by atoms with E-state index in [1.165, 1.54) is 55.3 Å². The molecule has 3 heteroatoms. The van der Waals surface area contributed by atoms with Crippen molar-refractivity contribution in [3.05, 3.63) is 188 Å².